The molecule has 2 atom stereocenters. The van der Waals surface area contributed by atoms with Crippen LogP contribution in [0.25, 0.3) is 0 Å². The van der Waals surface area contributed by atoms with Crippen LogP contribution in [-0.2, 0) is 0 Å². The second-order valence-corrected chi connectivity index (χ2v) is 5.20. The van der Waals surface area contributed by atoms with Crippen LogP contribution in [0.5, 0.6) is 0 Å². The number of hydrogen-bond donors (Lipinski definition) is 4. The standard InChI is InChI=1S/C11H26N2O2/c1-8(2)5-10(15)13-11(12,7-14)6-9(3)4/h8-10,13-15H,5-7,12H2,1-4H3/t10-,11-/m0/s1. The first-order chi connectivity index (χ1) is 6.79. The minimum atomic E-state index is -0.873. The summed E-state index contributed by atoms with van der Waals surface area (Å²) in [4.78, 5) is 0. The minimum absolute atomic E-state index is 0.166. The Morgan fingerprint density at radius 1 is 1.20 bits per heavy atom. The summed E-state index contributed by atoms with van der Waals surface area (Å²) in [6.07, 6.45) is 0.622. The zero-order chi connectivity index (χ0) is 12.1. The van der Waals surface area contributed by atoms with Crippen LogP contribution < -0.4 is 11.1 Å². The lowest BCUT2D eigenvalue weighted by atomic mass is 9.98. The Morgan fingerprint density at radius 3 is 2.07 bits per heavy atom. The molecule has 4 heteroatoms. The van der Waals surface area contributed by atoms with E-state index in [-0.39, 0.29) is 6.61 Å². The fourth-order valence-electron chi connectivity index (χ4n) is 1.73. The van der Waals surface area contributed by atoms with Crippen molar-refractivity contribution in [3.8, 4) is 0 Å². The van der Waals surface area contributed by atoms with Crippen LogP contribution in [0, 0.1) is 11.8 Å². The molecule has 0 aliphatic rings. The average molecular weight is 218 g/mol. The highest BCUT2D eigenvalue weighted by Crippen LogP contribution is 2.13. The van der Waals surface area contributed by atoms with E-state index >= 15 is 0 Å². The van der Waals surface area contributed by atoms with E-state index in [4.69, 9.17) is 5.73 Å². The topological polar surface area (TPSA) is 78.5 Å². The van der Waals surface area contributed by atoms with Gasteiger partial charge in [-0.1, -0.05) is 27.7 Å². The van der Waals surface area contributed by atoms with Gasteiger partial charge >= 0.3 is 0 Å². The van der Waals surface area contributed by atoms with E-state index in [1.165, 1.54) is 0 Å². The smallest absolute Gasteiger partial charge is 0.106 e. The fraction of sp³-hybridized carbons (Fsp3) is 1.00. The normalized spacial score (nSPS) is 18.2. The summed E-state index contributed by atoms with van der Waals surface area (Å²) in [5, 5.41) is 21.8. The van der Waals surface area contributed by atoms with Gasteiger partial charge in [-0.25, -0.2) is 0 Å². The maximum Gasteiger partial charge on any atom is 0.106 e. The van der Waals surface area contributed by atoms with Gasteiger partial charge in [0.25, 0.3) is 0 Å². The largest absolute Gasteiger partial charge is 0.393 e. The molecule has 5 N–H and O–H groups in total. The Bertz CT molecular complexity index is 174. The van der Waals surface area contributed by atoms with E-state index in [0.29, 0.717) is 24.7 Å². The molecule has 0 amide bonds. The van der Waals surface area contributed by atoms with Crippen molar-refractivity contribution in [2.24, 2.45) is 17.6 Å². The second-order valence-electron chi connectivity index (χ2n) is 5.20. The predicted octanol–water partition coefficient (Wildman–Crippen LogP) is 0.634. The van der Waals surface area contributed by atoms with Crippen LogP contribution in [0.15, 0.2) is 0 Å². The summed E-state index contributed by atoms with van der Waals surface area (Å²) in [6.45, 7) is 7.97. The van der Waals surface area contributed by atoms with Crippen molar-refractivity contribution in [1.82, 2.24) is 5.32 Å². The van der Waals surface area contributed by atoms with Crippen LogP contribution in [0.2, 0.25) is 0 Å². The summed E-state index contributed by atoms with van der Waals surface area (Å²) in [7, 11) is 0. The third kappa shape index (κ3) is 6.84. The first-order valence-electron chi connectivity index (χ1n) is 5.64. The van der Waals surface area contributed by atoms with Crippen LogP contribution in [0.4, 0.5) is 0 Å². The average Bonchev–Trinajstić information content (AvgIpc) is 2.00. The molecule has 0 saturated carbocycles. The first-order valence-corrected chi connectivity index (χ1v) is 5.64. The first kappa shape index (κ1) is 14.8. The summed E-state index contributed by atoms with van der Waals surface area (Å²) in [5.74, 6) is 0.774. The van der Waals surface area contributed by atoms with Gasteiger partial charge in [-0.05, 0) is 24.7 Å². The van der Waals surface area contributed by atoms with Gasteiger partial charge in [0.1, 0.15) is 6.23 Å². The van der Waals surface area contributed by atoms with Crippen LogP contribution in [0.1, 0.15) is 40.5 Å². The Kier molecular flexibility index (Phi) is 6.36. The van der Waals surface area contributed by atoms with Gasteiger partial charge in [0.15, 0.2) is 0 Å². The molecule has 0 aromatic heterocycles. The molecule has 0 fully saturated rings. The molecule has 4 nitrogen and oxygen atoms in total. The molecular formula is C11H26N2O2. The number of nitrogens with two attached hydrogens (primary N) is 1. The second kappa shape index (κ2) is 6.43. The monoisotopic (exact) mass is 218 g/mol. The van der Waals surface area contributed by atoms with Gasteiger partial charge < -0.3 is 15.9 Å². The highest BCUT2D eigenvalue weighted by Gasteiger charge is 2.27. The highest BCUT2D eigenvalue weighted by atomic mass is 16.3. The van der Waals surface area contributed by atoms with Crippen molar-refractivity contribution in [3.05, 3.63) is 0 Å². The number of hydrogen-bond acceptors (Lipinski definition) is 4. The fourth-order valence-corrected chi connectivity index (χ4v) is 1.73. The number of aliphatic hydroxyl groups is 2. The van der Waals surface area contributed by atoms with E-state index in [1.54, 1.807) is 0 Å². The zero-order valence-electron chi connectivity index (χ0n) is 10.3. The lowest BCUT2D eigenvalue weighted by molar-refractivity contribution is 0.0388. The molecule has 0 aliphatic carbocycles. The zero-order valence-corrected chi connectivity index (χ0v) is 10.3. The molecule has 0 aromatic carbocycles. The van der Waals surface area contributed by atoms with E-state index in [0.717, 1.165) is 0 Å². The van der Waals surface area contributed by atoms with Crippen LogP contribution in [-0.4, -0.2) is 28.7 Å². The number of nitrogens with one attached hydrogen (secondary N) is 1. The molecule has 0 aliphatic heterocycles. The molecular weight excluding hydrogens is 192 g/mol. The molecule has 0 rings (SSSR count). The van der Waals surface area contributed by atoms with Crippen molar-refractivity contribution in [1.29, 1.82) is 0 Å². The Hall–Kier alpha value is -0.160. The number of rotatable bonds is 7. The molecule has 0 spiro atoms. The van der Waals surface area contributed by atoms with Gasteiger partial charge in [0.2, 0.25) is 0 Å². The summed E-state index contributed by atoms with van der Waals surface area (Å²) >= 11 is 0. The molecule has 0 aromatic rings. The third-order valence-electron chi connectivity index (χ3n) is 2.20. The molecule has 15 heavy (non-hydrogen) atoms. The van der Waals surface area contributed by atoms with Crippen molar-refractivity contribution in [2.75, 3.05) is 6.61 Å². The molecule has 0 heterocycles. The van der Waals surface area contributed by atoms with Crippen molar-refractivity contribution in [3.63, 3.8) is 0 Å². The van der Waals surface area contributed by atoms with E-state index in [2.05, 4.69) is 5.32 Å². The lowest BCUT2D eigenvalue weighted by Crippen LogP contribution is -2.60. The van der Waals surface area contributed by atoms with Gasteiger partial charge in [-0.2, -0.15) is 0 Å². The molecule has 0 radical (unpaired) electrons. The summed E-state index contributed by atoms with van der Waals surface area (Å²) < 4.78 is 0. The van der Waals surface area contributed by atoms with E-state index < -0.39 is 11.9 Å². The summed E-state index contributed by atoms with van der Waals surface area (Å²) in [6, 6.07) is 0. The van der Waals surface area contributed by atoms with Gasteiger partial charge in [-0.15, -0.1) is 0 Å². The Morgan fingerprint density at radius 2 is 1.73 bits per heavy atom. The van der Waals surface area contributed by atoms with Crippen LogP contribution >= 0.6 is 0 Å². The third-order valence-corrected chi connectivity index (χ3v) is 2.20. The Balaban J connectivity index is 4.17. The number of aliphatic hydroxyl groups excluding tert-OH is 2. The van der Waals surface area contributed by atoms with Gasteiger partial charge in [-0.3, -0.25) is 5.32 Å². The maximum absolute atomic E-state index is 9.70. The highest BCUT2D eigenvalue weighted by molar-refractivity contribution is 4.83. The quantitative estimate of drug-likeness (QED) is 0.473. The SMILES string of the molecule is CC(C)C[C@H](O)N[C@](N)(CO)CC(C)C. The molecule has 0 unspecified atom stereocenters. The minimum Gasteiger partial charge on any atom is -0.393 e. The van der Waals surface area contributed by atoms with Crippen LogP contribution in [0.3, 0.4) is 0 Å². The maximum atomic E-state index is 9.70. The summed E-state index contributed by atoms with van der Waals surface area (Å²) in [5.41, 5.74) is 5.08. The lowest BCUT2D eigenvalue weighted by Gasteiger charge is -2.33. The van der Waals surface area contributed by atoms with Crippen molar-refractivity contribution < 1.29 is 10.2 Å². The van der Waals surface area contributed by atoms with Crippen molar-refractivity contribution >= 4 is 0 Å². The Labute approximate surface area is 92.9 Å². The van der Waals surface area contributed by atoms with E-state index in [9.17, 15) is 10.2 Å². The molecule has 0 bridgehead atoms. The molecule has 0 saturated heterocycles. The van der Waals surface area contributed by atoms with Gasteiger partial charge in [0, 0.05) is 0 Å². The molecule has 92 valence electrons. The van der Waals surface area contributed by atoms with E-state index in [1.807, 2.05) is 27.7 Å². The predicted molar refractivity (Wildman–Crippen MR) is 62.1 cm³/mol. The van der Waals surface area contributed by atoms with Crippen molar-refractivity contribution in [2.45, 2.75) is 52.4 Å². The van der Waals surface area contributed by atoms with Gasteiger partial charge in [0.05, 0.1) is 12.3 Å².